The van der Waals surface area contributed by atoms with Crippen LogP contribution in [0.15, 0.2) is 30.6 Å². The van der Waals surface area contributed by atoms with Crippen LogP contribution >= 0.6 is 0 Å². The molecule has 0 atom stereocenters. The Morgan fingerprint density at radius 3 is 2.43 bits per heavy atom. The molecule has 0 bridgehead atoms. The van der Waals surface area contributed by atoms with Crippen LogP contribution in [0, 0.1) is 6.07 Å². The van der Waals surface area contributed by atoms with Crippen molar-refractivity contribution in [2.75, 3.05) is 25.9 Å². The second-order valence-electron chi connectivity index (χ2n) is 8.03. The molecule has 28 heavy (non-hydrogen) atoms. The van der Waals surface area contributed by atoms with E-state index in [1.54, 1.807) is 0 Å². The van der Waals surface area contributed by atoms with Crippen molar-refractivity contribution in [3.05, 3.63) is 36.7 Å². The molecule has 5 rings (SSSR count). The van der Waals surface area contributed by atoms with Crippen LogP contribution in [0.4, 0.5) is 5.69 Å². The molecule has 0 unspecified atom stereocenters. The fraction of sp³-hybridized carbons (Fsp3) is 0.400. The molecule has 2 fully saturated rings. The molecule has 1 aromatic heterocycles. The molecule has 3 aliphatic rings. The molecule has 1 aromatic carbocycles. The van der Waals surface area contributed by atoms with Crippen LogP contribution < -0.4 is 4.72 Å². The second kappa shape index (κ2) is 7.08. The summed E-state index contributed by atoms with van der Waals surface area (Å²) in [7, 11) is 6.97. The van der Waals surface area contributed by atoms with E-state index < -0.39 is 0 Å². The van der Waals surface area contributed by atoms with Crippen LogP contribution in [0.5, 0.6) is 0 Å². The molecule has 0 aliphatic carbocycles. The van der Waals surface area contributed by atoms with E-state index in [4.69, 9.17) is 0 Å². The summed E-state index contributed by atoms with van der Waals surface area (Å²) in [5, 5.41) is 0. The van der Waals surface area contributed by atoms with Crippen LogP contribution in [0.2, 0.25) is 20.5 Å². The second-order valence-corrected chi connectivity index (χ2v) is 8.03. The smallest absolute Gasteiger partial charge is 0.436 e. The largest absolute Gasteiger partial charge is 0.458 e. The van der Waals surface area contributed by atoms with Gasteiger partial charge in [-0.1, -0.05) is 31.7 Å². The predicted molar refractivity (Wildman–Crippen MR) is 116 cm³/mol. The summed E-state index contributed by atoms with van der Waals surface area (Å²) in [6.45, 7) is 7.85. The number of hydrogen-bond acceptors (Lipinski definition) is 6. The van der Waals surface area contributed by atoms with Gasteiger partial charge < -0.3 is 28.0 Å². The van der Waals surface area contributed by atoms with Crippen molar-refractivity contribution in [3.8, 4) is 11.4 Å². The van der Waals surface area contributed by atoms with Crippen molar-refractivity contribution in [2.45, 2.75) is 20.5 Å². The number of anilines is 1. The molecular formula is C15H23B5IrN7-. The minimum atomic E-state index is 0. The van der Waals surface area contributed by atoms with Gasteiger partial charge in [-0.3, -0.25) is 4.98 Å². The summed E-state index contributed by atoms with van der Waals surface area (Å²) in [5.41, 5.74) is 2.28. The molecule has 2 aromatic rings. The normalized spacial score (nSPS) is 20.6. The summed E-state index contributed by atoms with van der Waals surface area (Å²) in [6.07, 6.45) is 4.00. The van der Waals surface area contributed by atoms with Crippen LogP contribution in [0.25, 0.3) is 11.4 Å². The van der Waals surface area contributed by atoms with Gasteiger partial charge in [-0.05, 0) is 21.1 Å². The molecule has 3 aliphatic heterocycles. The van der Waals surface area contributed by atoms with Crippen molar-refractivity contribution in [3.63, 3.8) is 0 Å². The van der Waals surface area contributed by atoms with E-state index in [2.05, 4.69) is 99.0 Å². The molecule has 7 nitrogen and oxygen atoms in total. The Morgan fingerprint density at radius 1 is 0.929 bits per heavy atom. The first kappa shape index (κ1) is 20.3. The topological polar surface area (TPSA) is 34.0 Å². The van der Waals surface area contributed by atoms with Crippen LogP contribution in [-0.4, -0.2) is 84.6 Å². The summed E-state index contributed by atoms with van der Waals surface area (Å²) in [5.74, 6) is 0.996. The zero-order valence-corrected chi connectivity index (χ0v) is 19.6. The summed E-state index contributed by atoms with van der Waals surface area (Å²) in [4.78, 5) is 4.66. The zero-order chi connectivity index (χ0) is 19.0. The Balaban J connectivity index is 0.00000192. The van der Waals surface area contributed by atoms with E-state index in [1.165, 1.54) is 5.69 Å². The molecule has 143 valence electrons. The molecule has 0 amide bonds. The maximum Gasteiger partial charge on any atom is 0.436 e. The fourth-order valence-corrected chi connectivity index (χ4v) is 5.23. The van der Waals surface area contributed by atoms with Crippen molar-refractivity contribution < 1.29 is 20.1 Å². The first-order valence-electron chi connectivity index (χ1n) is 9.69. The molecular weight excluding hydrogens is 524 g/mol. The first-order chi connectivity index (χ1) is 12.9. The molecule has 1 radical (unpaired) electrons. The van der Waals surface area contributed by atoms with Crippen molar-refractivity contribution in [1.82, 2.24) is 28.3 Å². The van der Waals surface area contributed by atoms with E-state index in [9.17, 15) is 0 Å². The van der Waals surface area contributed by atoms with Crippen LogP contribution in [0.3, 0.4) is 0 Å². The Hall–Kier alpha value is -0.956. The molecule has 4 heterocycles. The zero-order valence-electron chi connectivity index (χ0n) is 17.2. The number of nitrogens with zero attached hydrogens (tertiary/aromatic N) is 7. The molecule has 2 saturated heterocycles. The maximum absolute atomic E-state index is 4.66. The summed E-state index contributed by atoms with van der Waals surface area (Å²) >= 11 is 0. The molecule has 13 heteroatoms. The minimum absolute atomic E-state index is 0. The van der Waals surface area contributed by atoms with E-state index in [1.807, 2.05) is 12.3 Å². The standard InChI is InChI=1S/C15H23B5N7.Ir/c1-16-22(4)17(2)27-18(3)26-14-10-8-7-9-13(14)15-21-11-12-25(15)20(26)24(6)19(27)23(16)5;/h7-8,10-12H,1-6H3;/q-1;. The predicted octanol–water partition coefficient (Wildman–Crippen LogP) is 0.464. The van der Waals surface area contributed by atoms with Gasteiger partial charge in [0.1, 0.15) is 0 Å². The van der Waals surface area contributed by atoms with Gasteiger partial charge in [0.05, 0.1) is 0 Å². The fourth-order valence-electron chi connectivity index (χ4n) is 5.23. The molecule has 0 spiro atoms. The van der Waals surface area contributed by atoms with Crippen LogP contribution in [-0.2, 0) is 20.1 Å². The van der Waals surface area contributed by atoms with Gasteiger partial charge in [0.2, 0.25) is 0 Å². The number of benzene rings is 1. The van der Waals surface area contributed by atoms with Gasteiger partial charge in [0, 0.05) is 38.3 Å². The average Bonchev–Trinajstić information content (AvgIpc) is 3.16. The molecule has 0 N–H and O–H groups in total. The van der Waals surface area contributed by atoms with Crippen molar-refractivity contribution in [1.29, 1.82) is 0 Å². The van der Waals surface area contributed by atoms with Gasteiger partial charge in [-0.25, -0.2) is 0 Å². The maximum atomic E-state index is 4.66. The average molecular weight is 548 g/mol. The third kappa shape index (κ3) is 2.50. The van der Waals surface area contributed by atoms with Gasteiger partial charge in [-0.2, -0.15) is 0 Å². The quantitative estimate of drug-likeness (QED) is 0.353. The number of rotatable bonds is 0. The SMILES string of the molecule is CB1N(C)B(C)N2B(N1C)N(C)B1N(B2C)c2ccc[c-]c2-c2nccn21.[Ir]. The van der Waals surface area contributed by atoms with Crippen molar-refractivity contribution >= 4 is 40.9 Å². The van der Waals surface area contributed by atoms with E-state index in [-0.39, 0.29) is 41.3 Å². The first-order valence-corrected chi connectivity index (χ1v) is 9.69. The van der Waals surface area contributed by atoms with Crippen molar-refractivity contribution in [2.24, 2.45) is 0 Å². The summed E-state index contributed by atoms with van der Waals surface area (Å²) in [6, 6.07) is 9.68. The van der Waals surface area contributed by atoms with Crippen LogP contribution in [0.1, 0.15) is 0 Å². The van der Waals surface area contributed by atoms with E-state index in [0.29, 0.717) is 14.0 Å². The Bertz CT molecular complexity index is 886. The monoisotopic (exact) mass is 549 g/mol. The van der Waals surface area contributed by atoms with E-state index in [0.717, 1.165) is 11.4 Å². The van der Waals surface area contributed by atoms with E-state index >= 15 is 0 Å². The Morgan fingerprint density at radius 2 is 1.68 bits per heavy atom. The third-order valence-electron chi connectivity index (χ3n) is 6.90. The third-order valence-corrected chi connectivity index (χ3v) is 6.90. The molecule has 0 saturated carbocycles. The summed E-state index contributed by atoms with van der Waals surface area (Å²) < 4.78 is 14.7. The Kier molecular flexibility index (Phi) is 5.14. The van der Waals surface area contributed by atoms with Gasteiger partial charge in [0.15, 0.2) is 0 Å². The number of imidazole rings is 1. The number of aromatic nitrogens is 2. The minimum Gasteiger partial charge on any atom is -0.458 e. The number of hydrogen-bond donors (Lipinski definition) is 0. The number of fused-ring (bicyclic) bond motifs is 7. The Labute approximate surface area is 183 Å². The van der Waals surface area contributed by atoms with Gasteiger partial charge in [0.25, 0.3) is 14.0 Å². The van der Waals surface area contributed by atoms with Gasteiger partial charge >= 0.3 is 21.2 Å². The van der Waals surface area contributed by atoms with Gasteiger partial charge in [-0.15, -0.1) is 24.3 Å².